The zero-order chi connectivity index (χ0) is 26.6. The fourth-order valence-electron chi connectivity index (χ4n) is 6.72. The van der Waals surface area contributed by atoms with Gasteiger partial charge in [0, 0.05) is 63.6 Å². The highest BCUT2D eigenvalue weighted by atomic mass is 16.2. The number of amides is 5. The minimum absolute atomic E-state index is 0.100. The molecule has 3 N–H and O–H groups in total. The summed E-state index contributed by atoms with van der Waals surface area (Å²) in [6.07, 6.45) is 3.43. The van der Waals surface area contributed by atoms with Gasteiger partial charge in [-0.25, -0.2) is 0 Å². The van der Waals surface area contributed by atoms with Crippen LogP contribution < -0.4 is 16.0 Å². The lowest BCUT2D eigenvalue weighted by Gasteiger charge is -2.61. The Balaban J connectivity index is 1.02. The highest BCUT2D eigenvalue weighted by molar-refractivity contribution is 6.25. The number of carbonyl (C=O) groups is 5. The topological polar surface area (TPSA) is 136 Å². The van der Waals surface area contributed by atoms with E-state index >= 15 is 0 Å². The van der Waals surface area contributed by atoms with Crippen molar-refractivity contribution in [2.45, 2.75) is 50.6 Å². The Bertz CT molecular complexity index is 1190. The normalized spacial score (nSPS) is 25.4. The number of likely N-dealkylation sites (tertiary alicyclic amines) is 2. The van der Waals surface area contributed by atoms with E-state index in [-0.39, 0.29) is 36.1 Å². The molecule has 5 heterocycles. The third kappa shape index (κ3) is 4.27. The molecule has 11 heteroatoms. The number of anilines is 1. The number of hydrogen-bond donors (Lipinski definition) is 2. The van der Waals surface area contributed by atoms with Crippen LogP contribution in [0.4, 0.5) is 5.69 Å². The summed E-state index contributed by atoms with van der Waals surface area (Å²) in [5, 5.41) is 2.24. The number of hydrogen-bond acceptors (Lipinski definition) is 8. The van der Waals surface area contributed by atoms with Crippen LogP contribution in [0.3, 0.4) is 0 Å². The van der Waals surface area contributed by atoms with E-state index in [2.05, 4.69) is 15.1 Å². The van der Waals surface area contributed by atoms with Crippen molar-refractivity contribution in [2.75, 3.05) is 50.7 Å². The molecule has 5 amide bonds. The fraction of sp³-hybridized carbons (Fsp3) is 0.593. The second-order valence-electron chi connectivity index (χ2n) is 11.5. The molecule has 0 aromatic heterocycles. The molecule has 4 saturated heterocycles. The van der Waals surface area contributed by atoms with E-state index in [0.29, 0.717) is 17.5 Å². The largest absolute Gasteiger partial charge is 0.369 e. The average molecular weight is 523 g/mol. The lowest BCUT2D eigenvalue weighted by molar-refractivity contribution is -0.136. The lowest BCUT2D eigenvalue weighted by atomic mass is 9.72. The van der Waals surface area contributed by atoms with E-state index in [9.17, 15) is 24.0 Å². The molecular formula is C27H34N6O5. The number of benzene rings is 1. The van der Waals surface area contributed by atoms with E-state index in [1.807, 2.05) is 11.0 Å². The van der Waals surface area contributed by atoms with Crippen LogP contribution in [0, 0.1) is 5.41 Å². The average Bonchev–Trinajstić information content (AvgIpc) is 3.10. The smallest absolute Gasteiger partial charge is 0.264 e. The van der Waals surface area contributed by atoms with Crippen molar-refractivity contribution >= 4 is 35.2 Å². The quantitative estimate of drug-likeness (QED) is 0.496. The summed E-state index contributed by atoms with van der Waals surface area (Å²) in [6.45, 7) is 5.95. The highest BCUT2D eigenvalue weighted by Crippen LogP contribution is 2.44. The fourth-order valence-corrected chi connectivity index (χ4v) is 6.72. The summed E-state index contributed by atoms with van der Waals surface area (Å²) < 4.78 is 0. The zero-order valence-corrected chi connectivity index (χ0v) is 21.5. The zero-order valence-electron chi connectivity index (χ0n) is 21.5. The maximum atomic E-state index is 13.4. The van der Waals surface area contributed by atoms with Gasteiger partial charge < -0.3 is 20.4 Å². The molecule has 1 spiro atoms. The van der Waals surface area contributed by atoms with Crippen LogP contribution in [0.5, 0.6) is 0 Å². The van der Waals surface area contributed by atoms with Crippen LogP contribution in [0.15, 0.2) is 18.2 Å². The van der Waals surface area contributed by atoms with Crippen LogP contribution in [-0.4, -0.2) is 102 Å². The molecule has 6 rings (SSSR count). The van der Waals surface area contributed by atoms with Gasteiger partial charge in [0.15, 0.2) is 0 Å². The summed E-state index contributed by atoms with van der Waals surface area (Å²) in [4.78, 5) is 70.3. The molecule has 1 aromatic carbocycles. The molecule has 1 aromatic rings. The van der Waals surface area contributed by atoms with Crippen LogP contribution in [-0.2, 0) is 14.4 Å². The first-order valence-corrected chi connectivity index (χ1v) is 13.6. The van der Waals surface area contributed by atoms with Gasteiger partial charge in [-0.1, -0.05) is 6.07 Å². The van der Waals surface area contributed by atoms with Crippen molar-refractivity contribution in [2.24, 2.45) is 11.1 Å². The highest BCUT2D eigenvalue weighted by Gasteiger charge is 2.53. The van der Waals surface area contributed by atoms with Crippen molar-refractivity contribution in [3.8, 4) is 0 Å². The van der Waals surface area contributed by atoms with E-state index in [1.165, 1.54) is 0 Å². The van der Waals surface area contributed by atoms with Crippen molar-refractivity contribution in [1.82, 2.24) is 20.0 Å². The Hall–Kier alpha value is -3.31. The van der Waals surface area contributed by atoms with Gasteiger partial charge in [0.2, 0.25) is 17.7 Å². The number of nitrogens with one attached hydrogen (secondary N) is 1. The molecule has 202 valence electrons. The first kappa shape index (κ1) is 25.0. The number of rotatable bonds is 6. The molecular weight excluding hydrogens is 488 g/mol. The van der Waals surface area contributed by atoms with E-state index in [4.69, 9.17) is 5.73 Å². The third-order valence-corrected chi connectivity index (χ3v) is 8.71. The Kier molecular flexibility index (Phi) is 6.22. The van der Waals surface area contributed by atoms with Gasteiger partial charge in [0.25, 0.3) is 11.8 Å². The molecule has 0 saturated carbocycles. The van der Waals surface area contributed by atoms with Crippen molar-refractivity contribution < 1.29 is 24.0 Å². The van der Waals surface area contributed by atoms with E-state index in [1.54, 1.807) is 12.1 Å². The molecule has 1 atom stereocenters. The van der Waals surface area contributed by atoms with Gasteiger partial charge in [-0.15, -0.1) is 0 Å². The molecule has 1 unspecified atom stereocenters. The molecule has 4 fully saturated rings. The Labute approximate surface area is 221 Å². The van der Waals surface area contributed by atoms with Crippen LogP contribution >= 0.6 is 0 Å². The predicted molar refractivity (Wildman–Crippen MR) is 137 cm³/mol. The minimum Gasteiger partial charge on any atom is -0.369 e. The number of carbonyl (C=O) groups excluding carboxylic acids is 5. The monoisotopic (exact) mass is 522 g/mol. The van der Waals surface area contributed by atoms with Crippen LogP contribution in [0.25, 0.3) is 0 Å². The molecule has 11 nitrogen and oxygen atoms in total. The number of nitrogens with zero attached hydrogens (tertiary/aromatic N) is 4. The second kappa shape index (κ2) is 9.46. The molecule has 38 heavy (non-hydrogen) atoms. The summed E-state index contributed by atoms with van der Waals surface area (Å²) >= 11 is 0. The number of nitrogens with two attached hydrogens (primary N) is 1. The number of piperidine rings is 2. The summed E-state index contributed by atoms with van der Waals surface area (Å²) in [7, 11) is 0. The van der Waals surface area contributed by atoms with E-state index < -0.39 is 23.8 Å². The summed E-state index contributed by atoms with van der Waals surface area (Å²) in [5.74, 6) is -1.70. The van der Waals surface area contributed by atoms with E-state index in [0.717, 1.165) is 75.7 Å². The maximum Gasteiger partial charge on any atom is 0.264 e. The number of imide groups is 2. The maximum absolute atomic E-state index is 13.4. The number of fused-ring (bicyclic) bond motifs is 1. The van der Waals surface area contributed by atoms with Crippen molar-refractivity contribution in [1.29, 1.82) is 0 Å². The Morgan fingerprint density at radius 1 is 1.00 bits per heavy atom. The summed E-state index contributed by atoms with van der Waals surface area (Å²) in [5.41, 5.74) is 7.50. The molecule has 5 aliphatic heterocycles. The van der Waals surface area contributed by atoms with Crippen LogP contribution in [0.1, 0.15) is 59.2 Å². The van der Waals surface area contributed by atoms with Gasteiger partial charge in [0.1, 0.15) is 6.04 Å². The standard InChI is InChI=1S/C27H34N6O5/c28-17-8-11-31(12-9-17)22(35)5-2-10-30-13-27(14-30)15-32(16-27)19-4-1-3-18-23(19)26(38)33(25(18)37)20-6-7-21(34)29-24(20)36/h1,3-4,17,20H,2,5-16,28H2,(H,29,34,36). The van der Waals surface area contributed by atoms with Crippen molar-refractivity contribution in [3.05, 3.63) is 29.3 Å². The first-order valence-electron chi connectivity index (χ1n) is 13.6. The molecule has 5 aliphatic rings. The van der Waals surface area contributed by atoms with Gasteiger partial charge >= 0.3 is 0 Å². The molecule has 0 aliphatic carbocycles. The Morgan fingerprint density at radius 2 is 1.74 bits per heavy atom. The SMILES string of the molecule is NC1CCN(C(=O)CCCN2CC3(C2)CN(c2cccc4c2C(=O)N(C2CCC(=O)NC2=O)C4=O)C3)CC1. The van der Waals surface area contributed by atoms with Gasteiger partial charge in [-0.2, -0.15) is 0 Å². The lowest BCUT2D eigenvalue weighted by Crippen LogP contribution is -2.72. The van der Waals surface area contributed by atoms with Crippen molar-refractivity contribution in [3.63, 3.8) is 0 Å². The summed E-state index contributed by atoms with van der Waals surface area (Å²) in [6, 6.07) is 4.53. The first-order chi connectivity index (χ1) is 18.2. The molecule has 0 radical (unpaired) electrons. The van der Waals surface area contributed by atoms with Gasteiger partial charge in [0.05, 0.1) is 16.8 Å². The third-order valence-electron chi connectivity index (χ3n) is 8.71. The Morgan fingerprint density at radius 3 is 2.45 bits per heavy atom. The minimum atomic E-state index is -0.963. The van der Waals surface area contributed by atoms with Gasteiger partial charge in [-0.3, -0.25) is 34.2 Å². The predicted octanol–water partition coefficient (Wildman–Crippen LogP) is -0.0603. The van der Waals surface area contributed by atoms with Gasteiger partial charge in [-0.05, 0) is 44.4 Å². The molecule has 0 bridgehead atoms. The second-order valence-corrected chi connectivity index (χ2v) is 11.5. The van der Waals surface area contributed by atoms with Crippen LogP contribution in [0.2, 0.25) is 0 Å².